The number of carbonyl (C=O) groups excluding carboxylic acids is 1. The van der Waals surface area contributed by atoms with Crippen LogP contribution in [0.5, 0.6) is 0 Å². The van der Waals surface area contributed by atoms with Gasteiger partial charge in [-0.3, -0.25) is 4.79 Å². The highest BCUT2D eigenvalue weighted by Crippen LogP contribution is 2.31. The highest BCUT2D eigenvalue weighted by Gasteiger charge is 2.23. The molecule has 0 aliphatic heterocycles. The maximum atomic E-state index is 11.8. The number of aromatic nitrogens is 3. The Hall–Kier alpha value is -2.69. The number of carbonyl (C=O) groups is 1. The van der Waals surface area contributed by atoms with Gasteiger partial charge in [-0.25, -0.2) is 9.97 Å². The minimum absolute atomic E-state index is 0.117. The molecule has 2 aromatic heterocycles. The lowest BCUT2D eigenvalue weighted by Crippen LogP contribution is -2.13. The number of hydrogen-bond acceptors (Lipinski definition) is 4. The van der Waals surface area contributed by atoms with E-state index in [4.69, 9.17) is 10.7 Å². The third-order valence-corrected chi connectivity index (χ3v) is 3.75. The predicted molar refractivity (Wildman–Crippen MR) is 98.8 cm³/mol. The van der Waals surface area contributed by atoms with Gasteiger partial charge in [0.15, 0.2) is 5.78 Å². The number of rotatable bonds is 4. The monoisotopic (exact) mass is 324 g/mol. The Kier molecular flexibility index (Phi) is 4.73. The first-order chi connectivity index (χ1) is 11.1. The molecule has 0 aliphatic carbocycles. The molecule has 0 atom stereocenters. The molecule has 126 valence electrons. The minimum Gasteiger partial charge on any atom is -0.383 e. The molecule has 0 spiro atoms. The molecule has 2 heterocycles. The molecule has 0 saturated heterocycles. The molecule has 5 nitrogen and oxygen atoms in total. The molecule has 3 N–H and O–H groups in total. The third-order valence-electron chi connectivity index (χ3n) is 3.75. The summed E-state index contributed by atoms with van der Waals surface area (Å²) in [6, 6.07) is 1.75. The van der Waals surface area contributed by atoms with E-state index in [1.165, 1.54) is 6.92 Å². The van der Waals surface area contributed by atoms with Crippen LogP contribution < -0.4 is 5.73 Å². The van der Waals surface area contributed by atoms with Crippen molar-refractivity contribution in [2.24, 2.45) is 0 Å². The van der Waals surface area contributed by atoms with Crippen LogP contribution in [0, 0.1) is 0 Å². The van der Waals surface area contributed by atoms with Gasteiger partial charge >= 0.3 is 0 Å². The van der Waals surface area contributed by atoms with Crippen LogP contribution in [0.25, 0.3) is 16.8 Å². The second kappa shape index (κ2) is 6.43. The normalized spacial score (nSPS) is 12.3. The maximum absolute atomic E-state index is 11.8. The van der Waals surface area contributed by atoms with Crippen molar-refractivity contribution >= 4 is 17.2 Å². The average Bonchev–Trinajstić information content (AvgIpc) is 2.93. The van der Waals surface area contributed by atoms with Crippen molar-refractivity contribution in [1.82, 2.24) is 15.0 Å². The average molecular weight is 324 g/mol. The second-order valence-corrected chi connectivity index (χ2v) is 6.86. The predicted octanol–water partition coefficient (Wildman–Crippen LogP) is 4.14. The molecule has 0 radical (unpaired) electrons. The van der Waals surface area contributed by atoms with E-state index in [9.17, 15) is 4.79 Å². The number of nitrogens with one attached hydrogen (secondary N) is 1. The number of aromatic amines is 1. The highest BCUT2D eigenvalue weighted by atomic mass is 16.1. The standard InChI is InChI=1S/C19H24N4O/c1-7-8-11(2)15-16(23-18(22-15)19(4,5)6)13-9-14(12(3)24)17(20)21-10-13/h7-10H,1H2,2-6H3,(H2,20,21)(H,22,23)/b11-8+. The fourth-order valence-electron chi connectivity index (χ4n) is 2.37. The van der Waals surface area contributed by atoms with E-state index in [0.29, 0.717) is 5.56 Å². The molecule has 0 bridgehead atoms. The molecule has 2 aromatic rings. The zero-order valence-corrected chi connectivity index (χ0v) is 14.9. The molecule has 24 heavy (non-hydrogen) atoms. The summed E-state index contributed by atoms with van der Waals surface area (Å²) in [5.74, 6) is 0.983. The quantitative estimate of drug-likeness (QED) is 0.654. The summed E-state index contributed by atoms with van der Waals surface area (Å²) in [5, 5.41) is 0. The zero-order chi connectivity index (χ0) is 18.1. The van der Waals surface area contributed by atoms with Gasteiger partial charge in [-0.1, -0.05) is 39.5 Å². The Morgan fingerprint density at radius 3 is 2.54 bits per heavy atom. The van der Waals surface area contributed by atoms with E-state index in [1.54, 1.807) is 18.3 Å². The van der Waals surface area contributed by atoms with Gasteiger partial charge in [0.1, 0.15) is 11.6 Å². The lowest BCUT2D eigenvalue weighted by atomic mass is 9.96. The molecule has 0 aliphatic rings. The lowest BCUT2D eigenvalue weighted by Gasteiger charge is -2.14. The summed E-state index contributed by atoms with van der Waals surface area (Å²) in [6.07, 6.45) is 5.30. The Labute approximate surface area is 142 Å². The van der Waals surface area contributed by atoms with Gasteiger partial charge in [-0.15, -0.1) is 0 Å². The first-order valence-electron chi connectivity index (χ1n) is 7.82. The Bertz CT molecular complexity index is 822. The number of nitrogens with two attached hydrogens (primary N) is 1. The smallest absolute Gasteiger partial charge is 0.163 e. The number of H-pyrrole nitrogens is 1. The summed E-state index contributed by atoms with van der Waals surface area (Å²) in [7, 11) is 0. The fourth-order valence-corrected chi connectivity index (χ4v) is 2.37. The topological polar surface area (TPSA) is 84.7 Å². The van der Waals surface area contributed by atoms with Crippen LogP contribution in [-0.4, -0.2) is 20.7 Å². The van der Waals surface area contributed by atoms with E-state index in [2.05, 4.69) is 37.3 Å². The van der Waals surface area contributed by atoms with Crippen molar-refractivity contribution in [3.63, 3.8) is 0 Å². The van der Waals surface area contributed by atoms with Crippen LogP contribution >= 0.6 is 0 Å². The summed E-state index contributed by atoms with van der Waals surface area (Å²) in [5.41, 5.74) is 9.48. The molecule has 0 saturated carbocycles. The van der Waals surface area contributed by atoms with Crippen LogP contribution in [0.1, 0.15) is 56.5 Å². The van der Waals surface area contributed by atoms with Gasteiger partial charge in [0, 0.05) is 17.2 Å². The van der Waals surface area contributed by atoms with Gasteiger partial charge in [-0.2, -0.15) is 0 Å². The van der Waals surface area contributed by atoms with Crippen LogP contribution in [0.15, 0.2) is 31.0 Å². The molecular weight excluding hydrogens is 300 g/mol. The van der Waals surface area contributed by atoms with Crippen molar-refractivity contribution in [3.05, 3.63) is 48.1 Å². The molecular formula is C19H24N4O. The summed E-state index contributed by atoms with van der Waals surface area (Å²) >= 11 is 0. The zero-order valence-electron chi connectivity index (χ0n) is 14.9. The van der Waals surface area contributed by atoms with Crippen molar-refractivity contribution in [1.29, 1.82) is 0 Å². The van der Waals surface area contributed by atoms with Crippen molar-refractivity contribution in [2.75, 3.05) is 5.73 Å². The SMILES string of the molecule is C=C/C=C(\C)c1[nH]c(C(C)(C)C)nc1-c1cnc(N)c(C(C)=O)c1. The van der Waals surface area contributed by atoms with E-state index < -0.39 is 0 Å². The van der Waals surface area contributed by atoms with E-state index in [1.807, 2.05) is 13.0 Å². The first kappa shape index (κ1) is 17.7. The Morgan fingerprint density at radius 2 is 2.00 bits per heavy atom. The van der Waals surface area contributed by atoms with Gasteiger partial charge in [-0.05, 0) is 25.5 Å². The minimum atomic E-state index is -0.133. The van der Waals surface area contributed by atoms with Crippen LogP contribution in [0.3, 0.4) is 0 Å². The molecule has 0 aromatic carbocycles. The summed E-state index contributed by atoms with van der Waals surface area (Å²) in [4.78, 5) is 24.1. The summed E-state index contributed by atoms with van der Waals surface area (Å²) in [6.45, 7) is 13.5. The van der Waals surface area contributed by atoms with Crippen molar-refractivity contribution < 1.29 is 4.79 Å². The number of nitrogens with zero attached hydrogens (tertiary/aromatic N) is 2. The third kappa shape index (κ3) is 3.45. The number of anilines is 1. The van der Waals surface area contributed by atoms with Crippen molar-refractivity contribution in [3.8, 4) is 11.3 Å². The number of Topliss-reactive ketones (excluding diaryl/α,β-unsaturated/α-hetero) is 1. The van der Waals surface area contributed by atoms with Crippen LogP contribution in [0.2, 0.25) is 0 Å². The van der Waals surface area contributed by atoms with E-state index >= 15 is 0 Å². The summed E-state index contributed by atoms with van der Waals surface area (Å²) < 4.78 is 0. The number of allylic oxidation sites excluding steroid dienone is 3. The van der Waals surface area contributed by atoms with E-state index in [-0.39, 0.29) is 17.0 Å². The van der Waals surface area contributed by atoms with E-state index in [0.717, 1.165) is 28.3 Å². The first-order valence-corrected chi connectivity index (χ1v) is 7.82. The number of nitrogen functional groups attached to an aromatic ring is 1. The molecule has 2 rings (SSSR count). The van der Waals surface area contributed by atoms with Crippen LogP contribution in [0.4, 0.5) is 5.82 Å². The van der Waals surface area contributed by atoms with Gasteiger partial charge < -0.3 is 10.7 Å². The van der Waals surface area contributed by atoms with Gasteiger partial charge in [0.05, 0.1) is 17.0 Å². The fraction of sp³-hybridized carbons (Fsp3) is 0.316. The van der Waals surface area contributed by atoms with Gasteiger partial charge in [0.2, 0.25) is 0 Å². The maximum Gasteiger partial charge on any atom is 0.163 e. The molecule has 0 fully saturated rings. The molecule has 0 amide bonds. The second-order valence-electron chi connectivity index (χ2n) is 6.86. The highest BCUT2D eigenvalue weighted by molar-refractivity contribution is 5.99. The van der Waals surface area contributed by atoms with Crippen molar-refractivity contribution in [2.45, 2.75) is 40.0 Å². The largest absolute Gasteiger partial charge is 0.383 e. The van der Waals surface area contributed by atoms with Gasteiger partial charge in [0.25, 0.3) is 0 Å². The number of imidazole rings is 1. The Balaban J connectivity index is 2.71. The molecule has 0 unspecified atom stereocenters. The number of pyridine rings is 1. The number of ketones is 1. The Morgan fingerprint density at radius 1 is 1.33 bits per heavy atom. The van der Waals surface area contributed by atoms with Crippen LogP contribution in [-0.2, 0) is 5.41 Å². The lowest BCUT2D eigenvalue weighted by molar-refractivity contribution is 0.101. The molecule has 5 heteroatoms. The number of hydrogen-bond donors (Lipinski definition) is 2.